The molecule has 3 rings (SSSR count). The molecule has 1 aliphatic rings. The van der Waals surface area contributed by atoms with Crippen LogP contribution >= 0.6 is 11.6 Å². The minimum absolute atomic E-state index is 0.105. The highest BCUT2D eigenvalue weighted by atomic mass is 35.5. The fraction of sp³-hybridized carbons (Fsp3) is 0.316. The fourth-order valence-electron chi connectivity index (χ4n) is 2.99. The summed E-state index contributed by atoms with van der Waals surface area (Å²) >= 11 is 5.93. The van der Waals surface area contributed by atoms with E-state index in [4.69, 9.17) is 11.6 Å². The zero-order valence-electron chi connectivity index (χ0n) is 13.4. The first kappa shape index (κ1) is 16.8. The molecule has 0 radical (unpaired) electrons. The maximum Gasteiger partial charge on any atom is 0.260 e. The van der Waals surface area contributed by atoms with E-state index in [2.05, 4.69) is 10.2 Å². The Kier molecular flexibility index (Phi) is 5.36. The summed E-state index contributed by atoms with van der Waals surface area (Å²) in [6, 6.07) is 11.9. The SMILES string of the molecule is O=C(Nc1ccc(N2CCCCCC2)cc1)c1c(F)cccc1Cl. The average Bonchev–Trinajstić information content (AvgIpc) is 2.85. The van der Waals surface area contributed by atoms with Crippen LogP contribution in [0.25, 0.3) is 0 Å². The summed E-state index contributed by atoms with van der Waals surface area (Å²) in [5.74, 6) is -1.16. The van der Waals surface area contributed by atoms with Crippen molar-refractivity contribution in [3.8, 4) is 0 Å². The molecule has 5 heteroatoms. The summed E-state index contributed by atoms with van der Waals surface area (Å²) in [6.07, 6.45) is 5.00. The van der Waals surface area contributed by atoms with Crippen LogP contribution in [-0.4, -0.2) is 19.0 Å². The monoisotopic (exact) mass is 346 g/mol. The number of hydrogen-bond acceptors (Lipinski definition) is 2. The zero-order valence-corrected chi connectivity index (χ0v) is 14.2. The number of benzene rings is 2. The van der Waals surface area contributed by atoms with Crippen molar-refractivity contribution in [2.24, 2.45) is 0 Å². The van der Waals surface area contributed by atoms with Crippen LogP contribution in [0.4, 0.5) is 15.8 Å². The van der Waals surface area contributed by atoms with Gasteiger partial charge in [-0.2, -0.15) is 0 Å². The molecule has 2 aromatic rings. The zero-order chi connectivity index (χ0) is 16.9. The molecule has 0 unspecified atom stereocenters. The standard InChI is InChI=1S/C19H20ClFN2O/c20-16-6-5-7-17(21)18(16)19(24)22-14-8-10-15(11-9-14)23-12-3-1-2-4-13-23/h5-11H,1-4,12-13H2,(H,22,24). The van der Waals surface area contributed by atoms with Crippen molar-refractivity contribution in [1.29, 1.82) is 0 Å². The fourth-order valence-corrected chi connectivity index (χ4v) is 3.24. The van der Waals surface area contributed by atoms with Crippen molar-refractivity contribution in [2.45, 2.75) is 25.7 Å². The number of nitrogens with zero attached hydrogens (tertiary/aromatic N) is 1. The Morgan fingerprint density at radius 1 is 1.00 bits per heavy atom. The molecule has 0 aliphatic carbocycles. The van der Waals surface area contributed by atoms with Crippen LogP contribution in [0.1, 0.15) is 36.0 Å². The molecule has 1 heterocycles. The maximum absolute atomic E-state index is 13.8. The van der Waals surface area contributed by atoms with Crippen LogP contribution in [-0.2, 0) is 0 Å². The molecule has 3 nitrogen and oxygen atoms in total. The van der Waals surface area contributed by atoms with Gasteiger partial charge < -0.3 is 10.2 Å². The number of rotatable bonds is 3. The van der Waals surface area contributed by atoms with Crippen molar-refractivity contribution in [3.63, 3.8) is 0 Å². The van der Waals surface area contributed by atoms with Gasteiger partial charge in [0.05, 0.1) is 10.6 Å². The van der Waals surface area contributed by atoms with E-state index < -0.39 is 11.7 Å². The van der Waals surface area contributed by atoms with Gasteiger partial charge in [0.15, 0.2) is 0 Å². The second-order valence-electron chi connectivity index (χ2n) is 6.00. The quantitative estimate of drug-likeness (QED) is 0.837. The van der Waals surface area contributed by atoms with Crippen LogP contribution in [0.5, 0.6) is 0 Å². The number of hydrogen-bond donors (Lipinski definition) is 1. The molecule has 0 spiro atoms. The Bertz CT molecular complexity index is 690. The van der Waals surface area contributed by atoms with Gasteiger partial charge in [-0.25, -0.2) is 4.39 Å². The average molecular weight is 347 g/mol. The summed E-state index contributed by atoms with van der Waals surface area (Å²) in [7, 11) is 0. The topological polar surface area (TPSA) is 32.3 Å². The summed E-state index contributed by atoms with van der Waals surface area (Å²) in [4.78, 5) is 14.6. The van der Waals surface area contributed by atoms with Crippen molar-refractivity contribution in [2.75, 3.05) is 23.3 Å². The minimum Gasteiger partial charge on any atom is -0.372 e. The van der Waals surface area contributed by atoms with Crippen molar-refractivity contribution in [3.05, 3.63) is 58.9 Å². The van der Waals surface area contributed by atoms with Crippen molar-refractivity contribution >= 4 is 28.9 Å². The third-order valence-corrected chi connectivity index (χ3v) is 4.60. The minimum atomic E-state index is -0.624. The van der Waals surface area contributed by atoms with E-state index >= 15 is 0 Å². The predicted molar refractivity (Wildman–Crippen MR) is 96.5 cm³/mol. The third kappa shape index (κ3) is 3.88. The van der Waals surface area contributed by atoms with Crippen LogP contribution in [0.2, 0.25) is 5.02 Å². The van der Waals surface area contributed by atoms with Crippen LogP contribution in [0.3, 0.4) is 0 Å². The summed E-state index contributed by atoms with van der Waals surface area (Å²) in [6.45, 7) is 2.13. The highest BCUT2D eigenvalue weighted by Crippen LogP contribution is 2.23. The van der Waals surface area contributed by atoms with E-state index in [0.29, 0.717) is 5.69 Å². The van der Waals surface area contributed by atoms with Crippen LogP contribution < -0.4 is 10.2 Å². The molecule has 0 atom stereocenters. The van der Waals surface area contributed by atoms with Gasteiger partial charge in [-0.3, -0.25) is 4.79 Å². The molecule has 2 aromatic carbocycles. The predicted octanol–water partition coefficient (Wildman–Crippen LogP) is 5.11. The second-order valence-corrected chi connectivity index (χ2v) is 6.41. The largest absolute Gasteiger partial charge is 0.372 e. The maximum atomic E-state index is 13.8. The molecule has 0 aromatic heterocycles. The first-order valence-corrected chi connectivity index (χ1v) is 8.63. The Balaban J connectivity index is 1.71. The van der Waals surface area contributed by atoms with Crippen molar-refractivity contribution < 1.29 is 9.18 Å². The second kappa shape index (κ2) is 7.67. The van der Waals surface area contributed by atoms with Gasteiger partial charge in [-0.15, -0.1) is 0 Å². The lowest BCUT2D eigenvalue weighted by Crippen LogP contribution is -2.23. The number of anilines is 2. The number of carbonyl (C=O) groups excluding carboxylic acids is 1. The van der Waals surface area contributed by atoms with Gasteiger partial charge in [0.1, 0.15) is 5.82 Å². The lowest BCUT2D eigenvalue weighted by molar-refractivity contribution is 0.102. The number of carbonyl (C=O) groups is 1. The van der Waals surface area contributed by atoms with Gasteiger partial charge in [0.2, 0.25) is 0 Å². The number of halogens is 2. The summed E-state index contributed by atoms with van der Waals surface area (Å²) in [5.41, 5.74) is 1.65. The summed E-state index contributed by atoms with van der Waals surface area (Å²) < 4.78 is 13.8. The Morgan fingerprint density at radius 2 is 1.67 bits per heavy atom. The van der Waals surface area contributed by atoms with E-state index in [1.54, 1.807) is 0 Å². The molecule has 24 heavy (non-hydrogen) atoms. The molecule has 1 fully saturated rings. The van der Waals surface area contributed by atoms with Crippen molar-refractivity contribution in [1.82, 2.24) is 0 Å². The molecular weight excluding hydrogens is 327 g/mol. The highest BCUT2D eigenvalue weighted by molar-refractivity contribution is 6.34. The third-order valence-electron chi connectivity index (χ3n) is 4.29. The van der Waals surface area contributed by atoms with E-state index in [9.17, 15) is 9.18 Å². The number of amides is 1. The molecule has 1 N–H and O–H groups in total. The normalized spacial score (nSPS) is 15.0. The first-order valence-electron chi connectivity index (χ1n) is 8.25. The van der Waals surface area contributed by atoms with E-state index in [1.165, 1.54) is 43.9 Å². The Labute approximate surface area is 146 Å². The number of nitrogens with one attached hydrogen (secondary N) is 1. The molecule has 0 saturated carbocycles. The van der Waals surface area contributed by atoms with E-state index in [1.807, 2.05) is 24.3 Å². The van der Waals surface area contributed by atoms with Gasteiger partial charge >= 0.3 is 0 Å². The van der Waals surface area contributed by atoms with Gasteiger partial charge in [-0.1, -0.05) is 30.5 Å². The molecular formula is C19H20ClFN2O. The summed E-state index contributed by atoms with van der Waals surface area (Å²) in [5, 5.41) is 2.81. The Morgan fingerprint density at radius 3 is 2.29 bits per heavy atom. The van der Waals surface area contributed by atoms with Gasteiger partial charge in [-0.05, 0) is 49.2 Å². The Hall–Kier alpha value is -2.07. The van der Waals surface area contributed by atoms with E-state index in [0.717, 1.165) is 18.8 Å². The lowest BCUT2D eigenvalue weighted by atomic mass is 10.2. The highest BCUT2D eigenvalue weighted by Gasteiger charge is 2.16. The van der Waals surface area contributed by atoms with Crippen LogP contribution in [0, 0.1) is 5.82 Å². The lowest BCUT2D eigenvalue weighted by Gasteiger charge is -2.22. The smallest absolute Gasteiger partial charge is 0.260 e. The van der Waals surface area contributed by atoms with Gasteiger partial charge in [0, 0.05) is 24.5 Å². The first-order chi connectivity index (χ1) is 11.6. The molecule has 0 bridgehead atoms. The molecule has 1 saturated heterocycles. The molecule has 1 aliphatic heterocycles. The van der Waals surface area contributed by atoms with Gasteiger partial charge in [0.25, 0.3) is 5.91 Å². The van der Waals surface area contributed by atoms with Crippen LogP contribution in [0.15, 0.2) is 42.5 Å². The molecule has 1 amide bonds. The van der Waals surface area contributed by atoms with E-state index in [-0.39, 0.29) is 10.6 Å². The molecule has 126 valence electrons.